The number of carbonyl (C=O) groups excluding carboxylic acids is 2. The van der Waals surface area contributed by atoms with Crippen LogP contribution in [0.25, 0.3) is 0 Å². The molecule has 118 valence electrons. The monoisotopic (exact) mass is 328 g/mol. The Labute approximate surface area is 138 Å². The van der Waals surface area contributed by atoms with Crippen molar-refractivity contribution >= 4 is 35.0 Å². The fraction of sp³-hybridized carbons (Fsp3) is 0.176. The van der Waals surface area contributed by atoms with Crippen molar-refractivity contribution in [1.29, 1.82) is 0 Å². The number of amides is 2. The summed E-state index contributed by atoms with van der Waals surface area (Å²) in [5.41, 5.74) is 1.45. The van der Waals surface area contributed by atoms with E-state index in [9.17, 15) is 9.59 Å². The number of rotatable bonds is 4. The molecule has 3 rings (SSSR count). The molecule has 0 bridgehead atoms. The summed E-state index contributed by atoms with van der Waals surface area (Å²) in [4.78, 5) is 25.3. The summed E-state index contributed by atoms with van der Waals surface area (Å²) in [7, 11) is 1.57. The highest BCUT2D eigenvalue weighted by atomic mass is 32.2. The lowest BCUT2D eigenvalue weighted by Gasteiger charge is -2.23. The van der Waals surface area contributed by atoms with Gasteiger partial charge in [-0.25, -0.2) is 0 Å². The minimum Gasteiger partial charge on any atom is -0.497 e. The van der Waals surface area contributed by atoms with Gasteiger partial charge in [0.25, 0.3) is 0 Å². The fourth-order valence-electron chi connectivity index (χ4n) is 2.31. The van der Waals surface area contributed by atoms with Crippen molar-refractivity contribution in [3.8, 4) is 5.75 Å². The first kappa shape index (κ1) is 15.4. The molecule has 2 N–H and O–H groups in total. The number of methoxy groups -OCH3 is 1. The molecule has 0 saturated carbocycles. The summed E-state index contributed by atoms with van der Waals surface area (Å²) in [6.45, 7) is 0. The van der Waals surface area contributed by atoms with Gasteiger partial charge in [-0.05, 0) is 24.3 Å². The second-order valence-electron chi connectivity index (χ2n) is 5.08. The number of nitrogens with one attached hydrogen (secondary N) is 2. The molecule has 1 atom stereocenters. The van der Waals surface area contributed by atoms with Crippen LogP contribution < -0.4 is 15.4 Å². The van der Waals surface area contributed by atoms with Crippen molar-refractivity contribution in [1.82, 2.24) is 0 Å². The molecule has 0 fully saturated rings. The third kappa shape index (κ3) is 3.65. The number of carbonyl (C=O) groups is 2. The van der Waals surface area contributed by atoms with Crippen LogP contribution in [0.2, 0.25) is 0 Å². The Hall–Kier alpha value is -2.47. The molecule has 1 heterocycles. The fourth-order valence-corrected chi connectivity index (χ4v) is 3.42. The summed E-state index contributed by atoms with van der Waals surface area (Å²) in [5.74, 6) is 0.321. The molecule has 0 aromatic heterocycles. The molecule has 0 radical (unpaired) electrons. The van der Waals surface area contributed by atoms with E-state index >= 15 is 0 Å². The van der Waals surface area contributed by atoms with Crippen LogP contribution in [0.1, 0.15) is 6.42 Å². The third-order valence-electron chi connectivity index (χ3n) is 3.43. The minimum absolute atomic E-state index is 0.113. The first-order valence-electron chi connectivity index (χ1n) is 7.16. The average molecular weight is 328 g/mol. The maximum atomic E-state index is 12.2. The van der Waals surface area contributed by atoms with Gasteiger partial charge < -0.3 is 15.4 Å². The minimum atomic E-state index is -0.435. The van der Waals surface area contributed by atoms with E-state index in [4.69, 9.17) is 4.74 Å². The van der Waals surface area contributed by atoms with Crippen LogP contribution in [0.5, 0.6) is 5.75 Å². The van der Waals surface area contributed by atoms with E-state index < -0.39 is 5.25 Å². The Bertz CT molecular complexity index is 748. The van der Waals surface area contributed by atoms with Crippen molar-refractivity contribution in [2.45, 2.75) is 16.6 Å². The van der Waals surface area contributed by atoms with Gasteiger partial charge in [0.05, 0.1) is 18.0 Å². The summed E-state index contributed by atoms with van der Waals surface area (Å²) < 4.78 is 5.12. The van der Waals surface area contributed by atoms with Gasteiger partial charge in [-0.3, -0.25) is 9.59 Å². The molecule has 1 aliphatic rings. The normalized spacial score (nSPS) is 16.2. The van der Waals surface area contributed by atoms with Crippen molar-refractivity contribution < 1.29 is 14.3 Å². The standard InChI is InChI=1S/C17H16N2O3S/c1-22-12-6-4-5-11(9-12)18-16(20)10-15-17(21)19-13-7-2-3-8-14(13)23-15/h2-9,15H,10H2,1H3,(H,18,20)(H,19,21)/t15-/m1/s1. The second-order valence-corrected chi connectivity index (χ2v) is 6.32. The van der Waals surface area contributed by atoms with E-state index in [-0.39, 0.29) is 18.2 Å². The smallest absolute Gasteiger partial charge is 0.238 e. The number of benzene rings is 2. The third-order valence-corrected chi connectivity index (χ3v) is 4.71. The van der Waals surface area contributed by atoms with Crippen LogP contribution in [0, 0.1) is 0 Å². The Morgan fingerprint density at radius 1 is 1.26 bits per heavy atom. The Morgan fingerprint density at radius 3 is 2.91 bits per heavy atom. The van der Waals surface area contributed by atoms with Gasteiger partial charge in [0.2, 0.25) is 11.8 Å². The van der Waals surface area contributed by atoms with Crippen molar-refractivity contribution in [2.75, 3.05) is 17.7 Å². The number of para-hydroxylation sites is 1. The molecule has 0 saturated heterocycles. The maximum absolute atomic E-state index is 12.2. The molecule has 5 nitrogen and oxygen atoms in total. The lowest BCUT2D eigenvalue weighted by Crippen LogP contribution is -2.32. The first-order valence-corrected chi connectivity index (χ1v) is 8.04. The van der Waals surface area contributed by atoms with Crippen LogP contribution in [-0.4, -0.2) is 24.2 Å². The Kier molecular flexibility index (Phi) is 4.52. The molecule has 0 spiro atoms. The van der Waals surface area contributed by atoms with Crippen LogP contribution in [0.15, 0.2) is 53.4 Å². The van der Waals surface area contributed by atoms with Crippen molar-refractivity contribution in [3.63, 3.8) is 0 Å². The zero-order chi connectivity index (χ0) is 16.2. The molecular formula is C17H16N2O3S. The number of anilines is 2. The SMILES string of the molecule is COc1cccc(NC(=O)C[C@H]2Sc3ccccc3NC2=O)c1. The number of hydrogen-bond donors (Lipinski definition) is 2. The van der Waals surface area contributed by atoms with Crippen LogP contribution in [0.4, 0.5) is 11.4 Å². The van der Waals surface area contributed by atoms with Crippen molar-refractivity contribution in [3.05, 3.63) is 48.5 Å². The molecule has 23 heavy (non-hydrogen) atoms. The molecule has 2 aromatic carbocycles. The van der Waals surface area contributed by atoms with E-state index in [0.29, 0.717) is 11.4 Å². The number of hydrogen-bond acceptors (Lipinski definition) is 4. The maximum Gasteiger partial charge on any atom is 0.238 e. The highest BCUT2D eigenvalue weighted by molar-refractivity contribution is 8.01. The summed E-state index contributed by atoms with van der Waals surface area (Å²) in [5, 5.41) is 5.20. The van der Waals surface area contributed by atoms with Crippen LogP contribution in [-0.2, 0) is 9.59 Å². The van der Waals surface area contributed by atoms with Gasteiger partial charge in [-0.1, -0.05) is 18.2 Å². The molecule has 6 heteroatoms. The zero-order valence-corrected chi connectivity index (χ0v) is 13.4. The first-order chi connectivity index (χ1) is 11.2. The summed E-state index contributed by atoms with van der Waals surface area (Å²) in [6.07, 6.45) is 0.113. The number of fused-ring (bicyclic) bond motifs is 1. The molecule has 2 amide bonds. The quantitative estimate of drug-likeness (QED) is 0.905. The second kappa shape index (κ2) is 6.75. The van der Waals surface area contributed by atoms with Gasteiger partial charge in [0.15, 0.2) is 0 Å². The Morgan fingerprint density at radius 2 is 2.09 bits per heavy atom. The van der Waals surface area contributed by atoms with E-state index in [1.807, 2.05) is 24.3 Å². The average Bonchev–Trinajstić information content (AvgIpc) is 2.55. The van der Waals surface area contributed by atoms with Gasteiger partial charge in [-0.2, -0.15) is 0 Å². The van der Waals surface area contributed by atoms with E-state index in [0.717, 1.165) is 10.6 Å². The molecular weight excluding hydrogens is 312 g/mol. The van der Waals surface area contributed by atoms with Gasteiger partial charge in [0, 0.05) is 23.1 Å². The molecule has 0 unspecified atom stereocenters. The topological polar surface area (TPSA) is 67.4 Å². The highest BCUT2D eigenvalue weighted by Gasteiger charge is 2.28. The predicted octanol–water partition coefficient (Wildman–Crippen LogP) is 3.14. The number of thioether (sulfide) groups is 1. The van der Waals surface area contributed by atoms with Crippen molar-refractivity contribution in [2.24, 2.45) is 0 Å². The largest absolute Gasteiger partial charge is 0.497 e. The van der Waals surface area contributed by atoms with Crippen LogP contribution >= 0.6 is 11.8 Å². The van der Waals surface area contributed by atoms with E-state index in [2.05, 4.69) is 10.6 Å². The Balaban J connectivity index is 1.65. The summed E-state index contributed by atoms with van der Waals surface area (Å²) in [6, 6.07) is 14.7. The number of ether oxygens (including phenoxy) is 1. The zero-order valence-electron chi connectivity index (χ0n) is 12.5. The molecule has 0 aliphatic carbocycles. The lowest BCUT2D eigenvalue weighted by atomic mass is 10.2. The van der Waals surface area contributed by atoms with E-state index in [1.165, 1.54) is 11.8 Å². The predicted molar refractivity (Wildman–Crippen MR) is 91.0 cm³/mol. The van der Waals surface area contributed by atoms with Gasteiger partial charge in [0.1, 0.15) is 5.75 Å². The van der Waals surface area contributed by atoms with E-state index in [1.54, 1.807) is 31.4 Å². The molecule has 2 aromatic rings. The van der Waals surface area contributed by atoms with Gasteiger partial charge in [-0.15, -0.1) is 11.8 Å². The van der Waals surface area contributed by atoms with Crippen LogP contribution in [0.3, 0.4) is 0 Å². The summed E-state index contributed by atoms with van der Waals surface area (Å²) >= 11 is 1.41. The van der Waals surface area contributed by atoms with Gasteiger partial charge >= 0.3 is 0 Å². The molecule has 1 aliphatic heterocycles. The highest BCUT2D eigenvalue weighted by Crippen LogP contribution is 2.36. The lowest BCUT2D eigenvalue weighted by molar-refractivity contribution is -0.120.